The van der Waals surface area contributed by atoms with Gasteiger partial charge in [0.2, 0.25) is 5.65 Å². The lowest BCUT2D eigenvalue weighted by atomic mass is 10.1. The van der Waals surface area contributed by atoms with E-state index in [4.69, 9.17) is 11.6 Å². The van der Waals surface area contributed by atoms with Crippen LogP contribution >= 0.6 is 11.6 Å². The third-order valence-corrected chi connectivity index (χ3v) is 7.71. The number of fused-ring (bicyclic) bond motifs is 1. The lowest BCUT2D eigenvalue weighted by Gasteiger charge is -2.30. The largest absolute Gasteiger partial charge is 0.433 e. The Kier molecular flexibility index (Phi) is 5.99. The third-order valence-electron chi connectivity index (χ3n) is 5.85. The Hall–Kier alpha value is -3.45. The second kappa shape index (κ2) is 8.89. The van der Waals surface area contributed by atoms with Gasteiger partial charge in [-0.2, -0.15) is 22.8 Å². The van der Waals surface area contributed by atoms with Crippen molar-refractivity contribution in [2.45, 2.75) is 12.7 Å². The van der Waals surface area contributed by atoms with E-state index >= 15 is 0 Å². The van der Waals surface area contributed by atoms with Crippen LogP contribution in [0, 0.1) is 0 Å². The molecule has 1 aliphatic heterocycles. The van der Waals surface area contributed by atoms with E-state index in [1.807, 2.05) is 4.90 Å². The van der Waals surface area contributed by atoms with Crippen LogP contribution in [0.4, 0.5) is 18.9 Å². The van der Waals surface area contributed by atoms with Gasteiger partial charge in [-0.05, 0) is 29.3 Å². The molecule has 4 aromatic rings. The second-order valence-electron chi connectivity index (χ2n) is 8.28. The molecule has 1 saturated heterocycles. The molecule has 188 valence electrons. The fourth-order valence-electron chi connectivity index (χ4n) is 4.00. The summed E-state index contributed by atoms with van der Waals surface area (Å²) in [4.78, 5) is 18.3. The Bertz CT molecular complexity index is 1590. The van der Waals surface area contributed by atoms with Gasteiger partial charge in [0.15, 0.2) is 9.84 Å². The predicted octanol–water partition coefficient (Wildman–Crippen LogP) is 2.91. The average Bonchev–Trinajstić information content (AvgIpc) is 3.14. The normalized spacial score (nSPS) is 15.9. The highest BCUT2D eigenvalue weighted by atomic mass is 35.5. The van der Waals surface area contributed by atoms with Crippen molar-refractivity contribution < 1.29 is 21.6 Å². The molecule has 1 fully saturated rings. The van der Waals surface area contributed by atoms with Gasteiger partial charge in [-0.3, -0.25) is 4.98 Å². The van der Waals surface area contributed by atoms with Crippen molar-refractivity contribution in [1.82, 2.24) is 24.4 Å². The minimum Gasteiger partial charge on any atom is -0.366 e. The number of rotatable bonds is 4. The fourth-order valence-corrected chi connectivity index (χ4v) is 5.33. The first-order valence-corrected chi connectivity index (χ1v) is 12.9. The van der Waals surface area contributed by atoms with Gasteiger partial charge >= 0.3 is 11.9 Å². The molecule has 0 aliphatic carbocycles. The number of pyridine rings is 1. The van der Waals surface area contributed by atoms with Crippen LogP contribution in [-0.4, -0.2) is 57.4 Å². The van der Waals surface area contributed by atoms with Crippen LogP contribution in [-0.2, 0) is 22.6 Å². The molecule has 0 atom stereocenters. The Morgan fingerprint density at radius 1 is 1.00 bits per heavy atom. The van der Waals surface area contributed by atoms with Crippen molar-refractivity contribution in [3.05, 3.63) is 75.6 Å². The van der Waals surface area contributed by atoms with Gasteiger partial charge in [-0.25, -0.2) is 17.9 Å². The molecule has 0 bridgehead atoms. The number of sulfone groups is 1. The maximum atomic E-state index is 13.1. The van der Waals surface area contributed by atoms with Crippen LogP contribution in [0.2, 0.25) is 5.02 Å². The minimum absolute atomic E-state index is 0.0519. The molecule has 14 heteroatoms. The number of halogens is 4. The molecule has 9 nitrogen and oxygen atoms in total. The van der Waals surface area contributed by atoms with Crippen LogP contribution in [0.25, 0.3) is 16.8 Å². The van der Waals surface area contributed by atoms with E-state index < -0.39 is 27.4 Å². The number of hydrogen-bond acceptors (Lipinski definition) is 7. The summed E-state index contributed by atoms with van der Waals surface area (Å²) in [5.41, 5.74) is 0.814. The second-order valence-corrected chi connectivity index (χ2v) is 11.0. The summed E-state index contributed by atoms with van der Waals surface area (Å²) in [7, 11) is -3.17. The highest BCUT2D eigenvalue weighted by molar-refractivity contribution is 7.91. The molecular formula is C22H18ClF3N6O3S. The molecule has 1 aromatic carbocycles. The minimum atomic E-state index is -4.57. The fraction of sp³-hybridized carbons (Fsp3) is 0.273. The first kappa shape index (κ1) is 24.3. The van der Waals surface area contributed by atoms with Gasteiger partial charge in [-0.15, -0.1) is 5.10 Å². The molecule has 36 heavy (non-hydrogen) atoms. The standard InChI is InChI=1S/C22H18ClF3N6O3S/c23-16-4-2-15(3-5-16)17-12-28-32-20(19(17)30-7-9-36(34,35)10-8-30)29-31(21(32)33)13-14-1-6-18(27-11-14)22(24,25)26/h1-6,11-12H,7-10,13H2. The van der Waals surface area contributed by atoms with Gasteiger partial charge in [0.1, 0.15) is 5.69 Å². The SMILES string of the molecule is O=c1n(Cc2ccc(C(F)(F)F)nc2)nc2c(N3CCS(=O)(=O)CC3)c(-c3ccc(Cl)cc3)cnn12. The van der Waals surface area contributed by atoms with E-state index in [9.17, 15) is 26.4 Å². The van der Waals surface area contributed by atoms with Crippen molar-refractivity contribution in [2.75, 3.05) is 29.5 Å². The zero-order valence-electron chi connectivity index (χ0n) is 18.5. The van der Waals surface area contributed by atoms with Crippen molar-refractivity contribution in [3.63, 3.8) is 0 Å². The summed E-state index contributed by atoms with van der Waals surface area (Å²) in [5.74, 6) is -0.104. The molecule has 0 spiro atoms. The first-order valence-electron chi connectivity index (χ1n) is 10.7. The smallest absolute Gasteiger partial charge is 0.366 e. The van der Waals surface area contributed by atoms with Gasteiger partial charge in [-0.1, -0.05) is 29.8 Å². The number of benzene rings is 1. The van der Waals surface area contributed by atoms with E-state index in [2.05, 4.69) is 15.2 Å². The van der Waals surface area contributed by atoms with E-state index in [1.54, 1.807) is 24.3 Å². The summed E-state index contributed by atoms with van der Waals surface area (Å²) in [6, 6.07) is 9.04. The summed E-state index contributed by atoms with van der Waals surface area (Å²) in [5, 5.41) is 9.21. The average molecular weight is 539 g/mol. The van der Waals surface area contributed by atoms with Gasteiger partial charge in [0.25, 0.3) is 0 Å². The van der Waals surface area contributed by atoms with E-state index in [-0.39, 0.29) is 36.8 Å². The van der Waals surface area contributed by atoms with Crippen LogP contribution in [0.3, 0.4) is 0 Å². The molecule has 0 radical (unpaired) electrons. The number of aromatic nitrogens is 5. The van der Waals surface area contributed by atoms with Gasteiger partial charge in [0.05, 0.1) is 29.9 Å². The van der Waals surface area contributed by atoms with Crippen LogP contribution in [0.15, 0.2) is 53.6 Å². The molecule has 0 unspecified atom stereocenters. The number of alkyl halides is 3. The quantitative estimate of drug-likeness (QED) is 0.394. The van der Waals surface area contributed by atoms with E-state index in [0.29, 0.717) is 21.8 Å². The van der Waals surface area contributed by atoms with Gasteiger partial charge < -0.3 is 4.90 Å². The summed E-state index contributed by atoms with van der Waals surface area (Å²) < 4.78 is 64.7. The molecule has 0 amide bonds. The molecular weight excluding hydrogens is 521 g/mol. The van der Waals surface area contributed by atoms with E-state index in [0.717, 1.165) is 27.0 Å². The zero-order valence-corrected chi connectivity index (χ0v) is 20.1. The Morgan fingerprint density at radius 2 is 1.69 bits per heavy atom. The molecule has 4 heterocycles. The number of anilines is 1. The monoisotopic (exact) mass is 538 g/mol. The Balaban J connectivity index is 1.60. The summed E-state index contributed by atoms with van der Waals surface area (Å²) >= 11 is 6.03. The predicted molar refractivity (Wildman–Crippen MR) is 127 cm³/mol. The topological polar surface area (TPSA) is 102 Å². The lowest BCUT2D eigenvalue weighted by Crippen LogP contribution is -2.41. The van der Waals surface area contributed by atoms with Crippen molar-refractivity contribution in [3.8, 4) is 11.1 Å². The number of hydrogen-bond donors (Lipinski definition) is 0. The first-order chi connectivity index (χ1) is 17.0. The highest BCUT2D eigenvalue weighted by Crippen LogP contribution is 2.34. The molecule has 5 rings (SSSR count). The highest BCUT2D eigenvalue weighted by Gasteiger charge is 2.32. The molecule has 0 saturated carbocycles. The van der Waals surface area contributed by atoms with Crippen molar-refractivity contribution >= 4 is 32.8 Å². The molecule has 0 N–H and O–H groups in total. The maximum absolute atomic E-state index is 13.1. The van der Waals surface area contributed by atoms with Crippen LogP contribution in [0.5, 0.6) is 0 Å². The summed E-state index contributed by atoms with van der Waals surface area (Å²) in [6.07, 6.45) is -2.03. The zero-order chi connectivity index (χ0) is 25.7. The summed E-state index contributed by atoms with van der Waals surface area (Å²) in [6.45, 7) is 0.274. The third kappa shape index (κ3) is 4.67. The Morgan fingerprint density at radius 3 is 2.31 bits per heavy atom. The van der Waals surface area contributed by atoms with Gasteiger partial charge in [0, 0.05) is 29.9 Å². The van der Waals surface area contributed by atoms with Crippen molar-refractivity contribution in [1.29, 1.82) is 0 Å². The molecule has 3 aromatic heterocycles. The molecule has 1 aliphatic rings. The van der Waals surface area contributed by atoms with E-state index in [1.165, 1.54) is 12.3 Å². The maximum Gasteiger partial charge on any atom is 0.433 e. The van der Waals surface area contributed by atoms with Crippen molar-refractivity contribution in [2.24, 2.45) is 0 Å². The Labute approximate surface area is 207 Å². The van der Waals surface area contributed by atoms with Crippen LogP contribution in [0.1, 0.15) is 11.3 Å². The lowest BCUT2D eigenvalue weighted by molar-refractivity contribution is -0.141. The number of nitrogens with zero attached hydrogens (tertiary/aromatic N) is 6. The van der Waals surface area contributed by atoms with Crippen LogP contribution < -0.4 is 10.6 Å².